The van der Waals surface area contributed by atoms with Crippen molar-refractivity contribution in [2.24, 2.45) is 7.05 Å². The average Bonchev–Trinajstić information content (AvgIpc) is 2.64. The molecule has 0 aromatic carbocycles. The maximum Gasteiger partial charge on any atom is 0.188 e. The lowest BCUT2D eigenvalue weighted by atomic mass is 10.2. The molecule has 6 heteroatoms. The summed E-state index contributed by atoms with van der Waals surface area (Å²) in [6, 6.07) is 1.60. The minimum absolute atomic E-state index is 0.0819. The van der Waals surface area contributed by atoms with Crippen LogP contribution in [0.3, 0.4) is 0 Å². The van der Waals surface area contributed by atoms with Gasteiger partial charge in [0.05, 0.1) is 6.42 Å². The molecule has 82 valence electrons. The van der Waals surface area contributed by atoms with Crippen LogP contribution in [0.4, 0.5) is 0 Å². The molecular formula is C10H11N5O. The summed E-state index contributed by atoms with van der Waals surface area (Å²) in [6.07, 6.45) is 3.20. The number of Topliss-reactive ketones (excluding diaryl/α,β-unsaturated/α-hetero) is 1. The number of ketones is 1. The van der Waals surface area contributed by atoms with Gasteiger partial charge < -0.3 is 0 Å². The van der Waals surface area contributed by atoms with Crippen molar-refractivity contribution in [1.82, 2.24) is 24.7 Å². The molecule has 0 N–H and O–H groups in total. The van der Waals surface area contributed by atoms with Gasteiger partial charge >= 0.3 is 0 Å². The van der Waals surface area contributed by atoms with Gasteiger partial charge in [-0.3, -0.25) is 9.48 Å². The quantitative estimate of drug-likeness (QED) is 0.693. The molecule has 0 aliphatic carbocycles. The van der Waals surface area contributed by atoms with E-state index in [2.05, 4.69) is 20.1 Å². The van der Waals surface area contributed by atoms with Gasteiger partial charge in [-0.2, -0.15) is 5.10 Å². The fourth-order valence-corrected chi connectivity index (χ4v) is 1.33. The molecule has 0 aliphatic rings. The molecule has 0 spiro atoms. The molecule has 0 saturated carbocycles. The standard InChI is InChI=1S/C10H11N5O/c1-7-11-4-3-8(14-7)9(16)5-10-12-6-13-15(10)2/h3-4,6H,5H2,1-2H3. The number of carbonyl (C=O) groups is 1. The summed E-state index contributed by atoms with van der Waals surface area (Å²) < 4.78 is 1.58. The van der Waals surface area contributed by atoms with E-state index >= 15 is 0 Å². The van der Waals surface area contributed by atoms with Gasteiger partial charge in [0.1, 0.15) is 23.7 Å². The minimum Gasteiger partial charge on any atom is -0.292 e. The molecule has 2 heterocycles. The summed E-state index contributed by atoms with van der Waals surface area (Å²) >= 11 is 0. The van der Waals surface area contributed by atoms with Gasteiger partial charge in [-0.1, -0.05) is 0 Å². The van der Waals surface area contributed by atoms with Gasteiger partial charge in [0.15, 0.2) is 5.78 Å². The van der Waals surface area contributed by atoms with E-state index in [-0.39, 0.29) is 12.2 Å². The zero-order valence-electron chi connectivity index (χ0n) is 9.08. The van der Waals surface area contributed by atoms with Crippen LogP contribution in [0, 0.1) is 6.92 Å². The third-order valence-corrected chi connectivity index (χ3v) is 2.19. The van der Waals surface area contributed by atoms with Gasteiger partial charge in [-0.25, -0.2) is 15.0 Å². The second-order valence-corrected chi connectivity index (χ2v) is 3.39. The largest absolute Gasteiger partial charge is 0.292 e. The Morgan fingerprint density at radius 1 is 1.44 bits per heavy atom. The van der Waals surface area contributed by atoms with Crippen LogP contribution >= 0.6 is 0 Å². The molecule has 6 nitrogen and oxygen atoms in total. The maximum atomic E-state index is 11.8. The fraction of sp³-hybridized carbons (Fsp3) is 0.300. The van der Waals surface area contributed by atoms with E-state index in [1.165, 1.54) is 6.33 Å². The molecule has 0 atom stereocenters. The van der Waals surface area contributed by atoms with E-state index in [0.717, 1.165) is 0 Å². The van der Waals surface area contributed by atoms with Gasteiger partial charge in [0.25, 0.3) is 0 Å². The van der Waals surface area contributed by atoms with Crippen molar-refractivity contribution < 1.29 is 4.79 Å². The Morgan fingerprint density at radius 2 is 2.25 bits per heavy atom. The van der Waals surface area contributed by atoms with Crippen molar-refractivity contribution in [1.29, 1.82) is 0 Å². The first-order chi connectivity index (χ1) is 7.66. The second kappa shape index (κ2) is 4.18. The van der Waals surface area contributed by atoms with Crippen molar-refractivity contribution in [3.63, 3.8) is 0 Å². The van der Waals surface area contributed by atoms with Crippen LogP contribution in [0.5, 0.6) is 0 Å². The summed E-state index contributed by atoms with van der Waals surface area (Å²) in [5.74, 6) is 1.13. The van der Waals surface area contributed by atoms with Crippen molar-refractivity contribution in [3.8, 4) is 0 Å². The zero-order chi connectivity index (χ0) is 11.5. The van der Waals surface area contributed by atoms with E-state index in [1.807, 2.05) is 0 Å². The number of hydrogen-bond donors (Lipinski definition) is 0. The van der Waals surface area contributed by atoms with Crippen LogP contribution < -0.4 is 0 Å². The SMILES string of the molecule is Cc1nccc(C(=O)Cc2ncnn2C)n1. The molecule has 2 aromatic heterocycles. The first-order valence-electron chi connectivity index (χ1n) is 4.82. The Balaban J connectivity index is 2.18. The molecule has 0 amide bonds. The van der Waals surface area contributed by atoms with Crippen LogP contribution in [0.1, 0.15) is 22.1 Å². The predicted molar refractivity (Wildman–Crippen MR) is 55.8 cm³/mol. The van der Waals surface area contributed by atoms with Crippen LogP contribution in [0.15, 0.2) is 18.6 Å². The monoisotopic (exact) mass is 217 g/mol. The molecule has 2 rings (SSSR count). The smallest absolute Gasteiger partial charge is 0.188 e. The molecule has 2 aromatic rings. The first-order valence-corrected chi connectivity index (χ1v) is 4.82. The van der Waals surface area contributed by atoms with E-state index in [0.29, 0.717) is 17.3 Å². The summed E-state index contributed by atoms with van der Waals surface area (Å²) in [7, 11) is 1.75. The number of hydrogen-bond acceptors (Lipinski definition) is 5. The molecule has 0 radical (unpaired) electrons. The van der Waals surface area contributed by atoms with E-state index in [4.69, 9.17) is 0 Å². The predicted octanol–water partition coefficient (Wildman–Crippen LogP) is 0.339. The second-order valence-electron chi connectivity index (χ2n) is 3.39. The maximum absolute atomic E-state index is 11.8. The van der Waals surface area contributed by atoms with Crippen molar-refractivity contribution in [3.05, 3.63) is 35.9 Å². The van der Waals surface area contributed by atoms with Crippen molar-refractivity contribution >= 4 is 5.78 Å². The lowest BCUT2D eigenvalue weighted by Gasteiger charge is -2.00. The average molecular weight is 217 g/mol. The third-order valence-electron chi connectivity index (χ3n) is 2.19. The molecule has 0 fully saturated rings. The molecular weight excluding hydrogens is 206 g/mol. The third kappa shape index (κ3) is 2.10. The number of aromatic nitrogens is 5. The summed E-state index contributed by atoms with van der Waals surface area (Å²) in [5, 5.41) is 3.90. The lowest BCUT2D eigenvalue weighted by molar-refractivity contribution is 0.0984. The fourth-order valence-electron chi connectivity index (χ4n) is 1.33. The van der Waals surface area contributed by atoms with Crippen LogP contribution in [-0.2, 0) is 13.5 Å². The number of carbonyl (C=O) groups excluding carboxylic acids is 1. The van der Waals surface area contributed by atoms with E-state index in [9.17, 15) is 4.79 Å². The molecule has 0 saturated heterocycles. The zero-order valence-corrected chi connectivity index (χ0v) is 9.08. The number of aryl methyl sites for hydroxylation is 2. The number of nitrogens with zero attached hydrogens (tertiary/aromatic N) is 5. The van der Waals surface area contributed by atoms with Crippen LogP contribution in [0.25, 0.3) is 0 Å². The minimum atomic E-state index is -0.0819. The van der Waals surface area contributed by atoms with Crippen molar-refractivity contribution in [2.45, 2.75) is 13.3 Å². The Kier molecular flexibility index (Phi) is 2.72. The summed E-state index contributed by atoms with van der Waals surface area (Å²) in [5.41, 5.74) is 0.413. The van der Waals surface area contributed by atoms with Gasteiger partial charge in [0, 0.05) is 13.2 Å². The molecule has 16 heavy (non-hydrogen) atoms. The van der Waals surface area contributed by atoms with Crippen LogP contribution in [0.2, 0.25) is 0 Å². The highest BCUT2D eigenvalue weighted by Gasteiger charge is 2.12. The summed E-state index contributed by atoms with van der Waals surface area (Å²) in [6.45, 7) is 1.75. The molecule has 0 unspecified atom stereocenters. The highest BCUT2D eigenvalue weighted by molar-refractivity contribution is 5.95. The van der Waals surface area contributed by atoms with Crippen LogP contribution in [-0.4, -0.2) is 30.5 Å². The Bertz CT molecular complexity index is 519. The lowest BCUT2D eigenvalue weighted by Crippen LogP contribution is -2.11. The van der Waals surface area contributed by atoms with Crippen molar-refractivity contribution in [2.75, 3.05) is 0 Å². The summed E-state index contributed by atoms with van der Waals surface area (Å²) in [4.78, 5) is 23.8. The topological polar surface area (TPSA) is 73.6 Å². The Labute approximate surface area is 92.4 Å². The highest BCUT2D eigenvalue weighted by Crippen LogP contribution is 2.02. The first kappa shape index (κ1) is 10.4. The Morgan fingerprint density at radius 3 is 2.88 bits per heavy atom. The van der Waals surface area contributed by atoms with Gasteiger partial charge in [0.2, 0.25) is 0 Å². The van der Waals surface area contributed by atoms with Gasteiger partial charge in [-0.05, 0) is 13.0 Å². The Hall–Kier alpha value is -2.11. The normalized spacial score (nSPS) is 10.4. The highest BCUT2D eigenvalue weighted by atomic mass is 16.1. The van der Waals surface area contributed by atoms with E-state index in [1.54, 1.807) is 30.9 Å². The number of rotatable bonds is 3. The molecule has 0 bridgehead atoms. The van der Waals surface area contributed by atoms with E-state index < -0.39 is 0 Å². The molecule has 0 aliphatic heterocycles. The van der Waals surface area contributed by atoms with Gasteiger partial charge in [-0.15, -0.1) is 0 Å².